The van der Waals surface area contributed by atoms with Crippen LogP contribution in [0.2, 0.25) is 0 Å². The molecule has 0 bridgehead atoms. The fourth-order valence-corrected chi connectivity index (χ4v) is 2.48. The first-order valence-corrected chi connectivity index (χ1v) is 6.75. The quantitative estimate of drug-likeness (QED) is 0.840. The van der Waals surface area contributed by atoms with Crippen LogP contribution in [0.1, 0.15) is 37.7 Å². The summed E-state index contributed by atoms with van der Waals surface area (Å²) in [6.07, 6.45) is 10.2. The molecule has 0 aliphatic heterocycles. The molecule has 19 heavy (non-hydrogen) atoms. The second-order valence-corrected chi connectivity index (χ2v) is 4.86. The average Bonchev–Trinajstić information content (AvgIpc) is 2.47. The summed E-state index contributed by atoms with van der Waals surface area (Å²) in [6, 6.07) is 7.47. The highest BCUT2D eigenvalue weighted by atomic mass is 16.1. The fourth-order valence-electron chi connectivity index (χ4n) is 2.48. The normalized spacial score (nSPS) is 16.4. The number of allylic oxidation sites excluding steroid dienone is 1. The fraction of sp³-hybridized carbons (Fsp3) is 0.375. The zero-order valence-electron chi connectivity index (χ0n) is 10.9. The van der Waals surface area contributed by atoms with Gasteiger partial charge in [0.1, 0.15) is 0 Å². The molecule has 1 amide bonds. The largest absolute Gasteiger partial charge is 0.325 e. The van der Waals surface area contributed by atoms with Crippen molar-refractivity contribution in [3.05, 3.63) is 35.9 Å². The number of nitrogens with one attached hydrogen (secondary N) is 1. The molecule has 0 aromatic heterocycles. The van der Waals surface area contributed by atoms with Gasteiger partial charge in [-0.1, -0.05) is 37.5 Å². The highest BCUT2D eigenvalue weighted by molar-refractivity contribution is 5.95. The number of rotatable bonds is 4. The van der Waals surface area contributed by atoms with E-state index in [0.29, 0.717) is 0 Å². The number of carbonyl (C=O) groups excluding carboxylic acids is 2. The van der Waals surface area contributed by atoms with Crippen LogP contribution in [-0.2, 0) is 9.59 Å². The molecule has 1 saturated carbocycles. The zero-order valence-corrected chi connectivity index (χ0v) is 10.9. The maximum atomic E-state index is 12.2. The first-order chi connectivity index (χ1) is 9.31. The van der Waals surface area contributed by atoms with Crippen molar-refractivity contribution in [2.45, 2.75) is 32.1 Å². The summed E-state index contributed by atoms with van der Waals surface area (Å²) in [6.45, 7) is 0. The van der Waals surface area contributed by atoms with Gasteiger partial charge < -0.3 is 5.32 Å². The van der Waals surface area contributed by atoms with Crippen molar-refractivity contribution in [1.29, 1.82) is 0 Å². The van der Waals surface area contributed by atoms with Crippen LogP contribution in [0.4, 0.5) is 5.69 Å². The lowest BCUT2D eigenvalue weighted by Gasteiger charge is -2.21. The molecule has 1 radical (unpaired) electrons. The molecule has 99 valence electrons. The number of hydrogen-bond acceptors (Lipinski definition) is 2. The standard InChI is InChI=1S/C16H18NO2/c18-12-6-10-13-7-4-5-11-15(13)17-16(19)14-8-2-1-3-9-14/h4-7,10-11,14H,1-3,8-9H2,(H,17,19)/b10-6+. The van der Waals surface area contributed by atoms with E-state index in [9.17, 15) is 9.59 Å². The molecule has 2 rings (SSSR count). The minimum Gasteiger partial charge on any atom is -0.325 e. The Morgan fingerprint density at radius 2 is 1.95 bits per heavy atom. The van der Waals surface area contributed by atoms with Crippen LogP contribution < -0.4 is 5.32 Å². The smallest absolute Gasteiger partial charge is 0.227 e. The molecule has 1 N–H and O–H groups in total. The molecular weight excluding hydrogens is 238 g/mol. The molecule has 1 aromatic rings. The summed E-state index contributed by atoms with van der Waals surface area (Å²) in [7, 11) is 0. The van der Waals surface area contributed by atoms with Crippen molar-refractivity contribution in [2.24, 2.45) is 5.92 Å². The number of amides is 1. The number of benzene rings is 1. The maximum Gasteiger partial charge on any atom is 0.227 e. The first-order valence-electron chi connectivity index (χ1n) is 6.75. The lowest BCUT2D eigenvalue weighted by molar-refractivity contribution is -0.120. The van der Waals surface area contributed by atoms with Gasteiger partial charge in [-0.05, 0) is 36.6 Å². The van der Waals surface area contributed by atoms with Crippen molar-refractivity contribution >= 4 is 24.0 Å². The molecule has 0 unspecified atom stereocenters. The molecule has 1 aliphatic carbocycles. The molecule has 1 fully saturated rings. The monoisotopic (exact) mass is 256 g/mol. The Kier molecular flexibility index (Phi) is 4.90. The van der Waals surface area contributed by atoms with Gasteiger partial charge >= 0.3 is 0 Å². The van der Waals surface area contributed by atoms with Gasteiger partial charge in [0, 0.05) is 11.6 Å². The molecule has 0 heterocycles. The van der Waals surface area contributed by atoms with Gasteiger partial charge in [0.25, 0.3) is 0 Å². The van der Waals surface area contributed by atoms with Gasteiger partial charge in [-0.15, -0.1) is 0 Å². The van der Waals surface area contributed by atoms with E-state index >= 15 is 0 Å². The van der Waals surface area contributed by atoms with Crippen LogP contribution >= 0.6 is 0 Å². The van der Waals surface area contributed by atoms with Crippen LogP contribution in [0.15, 0.2) is 30.3 Å². The number of hydrogen-bond donors (Lipinski definition) is 1. The van der Waals surface area contributed by atoms with Crippen LogP contribution in [0, 0.1) is 5.92 Å². The van der Waals surface area contributed by atoms with E-state index < -0.39 is 0 Å². The Morgan fingerprint density at radius 1 is 1.21 bits per heavy atom. The Balaban J connectivity index is 2.07. The van der Waals surface area contributed by atoms with Crippen LogP contribution in [0.5, 0.6) is 0 Å². The highest BCUT2D eigenvalue weighted by Crippen LogP contribution is 2.26. The van der Waals surface area contributed by atoms with Crippen LogP contribution in [0.25, 0.3) is 6.08 Å². The molecule has 1 aromatic carbocycles. The Morgan fingerprint density at radius 3 is 2.68 bits per heavy atom. The SMILES string of the molecule is O=[C]/C=C/c1ccccc1NC(=O)C1CCCCC1. The second kappa shape index (κ2) is 6.88. The summed E-state index contributed by atoms with van der Waals surface area (Å²) in [5.41, 5.74) is 1.58. The van der Waals surface area contributed by atoms with Gasteiger partial charge in [-0.25, -0.2) is 0 Å². The molecular formula is C16H18NO2. The van der Waals surface area contributed by atoms with E-state index in [1.807, 2.05) is 24.3 Å². The van der Waals surface area contributed by atoms with Gasteiger partial charge in [-0.3, -0.25) is 9.59 Å². The summed E-state index contributed by atoms with van der Waals surface area (Å²) < 4.78 is 0. The molecule has 0 atom stereocenters. The molecule has 3 heteroatoms. The third-order valence-corrected chi connectivity index (χ3v) is 3.53. The number of carbonyl (C=O) groups is 1. The van der Waals surface area contributed by atoms with Crippen LogP contribution in [0.3, 0.4) is 0 Å². The van der Waals surface area contributed by atoms with Crippen molar-refractivity contribution in [3.8, 4) is 0 Å². The van der Waals surface area contributed by atoms with Gasteiger partial charge in [0.05, 0.1) is 0 Å². The van der Waals surface area contributed by atoms with Gasteiger partial charge in [0.2, 0.25) is 12.2 Å². The van der Waals surface area contributed by atoms with E-state index in [0.717, 1.165) is 36.9 Å². The predicted octanol–water partition coefficient (Wildman–Crippen LogP) is 3.33. The highest BCUT2D eigenvalue weighted by Gasteiger charge is 2.21. The maximum absolute atomic E-state index is 12.2. The van der Waals surface area contributed by atoms with E-state index in [4.69, 9.17) is 0 Å². The van der Waals surface area contributed by atoms with Crippen molar-refractivity contribution in [3.63, 3.8) is 0 Å². The Labute approximate surface area is 113 Å². The molecule has 1 aliphatic rings. The van der Waals surface area contributed by atoms with Gasteiger partial charge in [0.15, 0.2) is 0 Å². The summed E-state index contributed by atoms with van der Waals surface area (Å²) >= 11 is 0. The van der Waals surface area contributed by atoms with E-state index in [-0.39, 0.29) is 11.8 Å². The van der Waals surface area contributed by atoms with E-state index in [1.54, 1.807) is 12.4 Å². The van der Waals surface area contributed by atoms with Gasteiger partial charge in [-0.2, -0.15) is 0 Å². The van der Waals surface area contributed by atoms with E-state index in [2.05, 4.69) is 5.32 Å². The van der Waals surface area contributed by atoms with Crippen LogP contribution in [-0.4, -0.2) is 12.2 Å². The minimum absolute atomic E-state index is 0.0932. The first kappa shape index (κ1) is 13.5. The summed E-state index contributed by atoms with van der Waals surface area (Å²) in [5, 5.41) is 2.97. The lowest BCUT2D eigenvalue weighted by atomic mass is 9.88. The predicted molar refractivity (Wildman–Crippen MR) is 76.4 cm³/mol. The third-order valence-electron chi connectivity index (χ3n) is 3.53. The number of anilines is 1. The molecule has 0 spiro atoms. The number of para-hydroxylation sites is 1. The second-order valence-electron chi connectivity index (χ2n) is 4.86. The van der Waals surface area contributed by atoms with Crippen molar-refractivity contribution in [1.82, 2.24) is 0 Å². The molecule has 3 nitrogen and oxygen atoms in total. The minimum atomic E-state index is 0.0932. The topological polar surface area (TPSA) is 46.2 Å². The summed E-state index contributed by atoms with van der Waals surface area (Å²) in [4.78, 5) is 22.4. The average molecular weight is 256 g/mol. The Bertz CT molecular complexity index is 473. The Hall–Kier alpha value is -1.90. The molecule has 0 saturated heterocycles. The lowest BCUT2D eigenvalue weighted by Crippen LogP contribution is -2.25. The van der Waals surface area contributed by atoms with Crippen molar-refractivity contribution in [2.75, 3.05) is 5.32 Å². The van der Waals surface area contributed by atoms with E-state index in [1.165, 1.54) is 12.5 Å². The summed E-state index contributed by atoms with van der Waals surface area (Å²) in [5.74, 6) is 0.221. The third kappa shape index (κ3) is 3.78. The van der Waals surface area contributed by atoms with Crippen molar-refractivity contribution < 1.29 is 9.59 Å². The zero-order chi connectivity index (χ0) is 13.5.